The third-order valence-electron chi connectivity index (χ3n) is 4.34. The van der Waals surface area contributed by atoms with Gasteiger partial charge in [-0.15, -0.1) is 0 Å². The molecule has 0 unspecified atom stereocenters. The summed E-state index contributed by atoms with van der Waals surface area (Å²) >= 11 is 7.55. The molecule has 1 aliphatic rings. The number of carbonyl (C=O) groups is 1. The summed E-state index contributed by atoms with van der Waals surface area (Å²) in [6.07, 6.45) is 1.72. The Morgan fingerprint density at radius 1 is 1.16 bits per heavy atom. The number of benzene rings is 2. The van der Waals surface area contributed by atoms with Crippen LogP contribution in [0.15, 0.2) is 48.5 Å². The molecule has 0 radical (unpaired) electrons. The van der Waals surface area contributed by atoms with Crippen molar-refractivity contribution in [3.63, 3.8) is 0 Å². The number of ether oxygens (including phenoxy) is 1. The molecular formula is C19H17ClN2O2S. The van der Waals surface area contributed by atoms with Crippen LogP contribution in [0.4, 0.5) is 0 Å². The number of piperidine rings is 1. The molecular weight excluding hydrogens is 356 g/mol. The molecule has 128 valence electrons. The van der Waals surface area contributed by atoms with Crippen LogP contribution in [-0.4, -0.2) is 35.0 Å². The van der Waals surface area contributed by atoms with Gasteiger partial charge in [0.1, 0.15) is 6.10 Å². The van der Waals surface area contributed by atoms with E-state index < -0.39 is 0 Å². The monoisotopic (exact) mass is 372 g/mol. The molecule has 0 saturated carbocycles. The van der Waals surface area contributed by atoms with Crippen LogP contribution in [0.25, 0.3) is 10.2 Å². The molecule has 1 aromatic heterocycles. The van der Waals surface area contributed by atoms with Crippen molar-refractivity contribution in [1.29, 1.82) is 0 Å². The zero-order valence-electron chi connectivity index (χ0n) is 13.5. The van der Waals surface area contributed by atoms with Crippen LogP contribution in [0.1, 0.15) is 23.2 Å². The molecule has 0 atom stereocenters. The molecule has 4 nitrogen and oxygen atoms in total. The minimum atomic E-state index is 0.0286. The van der Waals surface area contributed by atoms with Crippen molar-refractivity contribution in [3.8, 4) is 5.19 Å². The summed E-state index contributed by atoms with van der Waals surface area (Å²) in [5, 5.41) is 1.29. The Bertz CT molecular complexity index is 870. The van der Waals surface area contributed by atoms with E-state index in [0.29, 0.717) is 28.9 Å². The van der Waals surface area contributed by atoms with Gasteiger partial charge in [-0.3, -0.25) is 4.79 Å². The molecule has 3 aromatic rings. The second kappa shape index (κ2) is 7.02. The minimum absolute atomic E-state index is 0.0286. The number of halogens is 1. The third-order valence-corrected chi connectivity index (χ3v) is 5.50. The van der Waals surface area contributed by atoms with Crippen molar-refractivity contribution in [3.05, 3.63) is 59.1 Å². The molecule has 1 amide bonds. The van der Waals surface area contributed by atoms with Gasteiger partial charge >= 0.3 is 0 Å². The van der Waals surface area contributed by atoms with Crippen LogP contribution in [0.5, 0.6) is 5.19 Å². The van der Waals surface area contributed by atoms with Crippen molar-refractivity contribution in [1.82, 2.24) is 9.88 Å². The maximum absolute atomic E-state index is 12.6. The molecule has 25 heavy (non-hydrogen) atoms. The highest BCUT2D eigenvalue weighted by molar-refractivity contribution is 7.20. The lowest BCUT2D eigenvalue weighted by Gasteiger charge is -2.31. The fraction of sp³-hybridized carbons (Fsp3) is 0.263. The maximum atomic E-state index is 12.6. The van der Waals surface area contributed by atoms with Gasteiger partial charge in [-0.1, -0.05) is 41.1 Å². The molecule has 1 fully saturated rings. The van der Waals surface area contributed by atoms with Gasteiger partial charge < -0.3 is 9.64 Å². The molecule has 6 heteroatoms. The number of aromatic nitrogens is 1. The first-order valence-corrected chi connectivity index (χ1v) is 9.45. The summed E-state index contributed by atoms with van der Waals surface area (Å²) in [6.45, 7) is 1.36. The minimum Gasteiger partial charge on any atom is -0.467 e. The second-order valence-corrected chi connectivity index (χ2v) is 7.50. The molecule has 4 rings (SSSR count). The Morgan fingerprint density at radius 3 is 2.72 bits per heavy atom. The quantitative estimate of drug-likeness (QED) is 0.673. The second-order valence-electron chi connectivity index (χ2n) is 6.07. The van der Waals surface area contributed by atoms with Gasteiger partial charge in [-0.05, 0) is 30.3 Å². The van der Waals surface area contributed by atoms with Crippen LogP contribution in [0.3, 0.4) is 0 Å². The summed E-state index contributed by atoms with van der Waals surface area (Å²) in [6, 6.07) is 15.1. The van der Waals surface area contributed by atoms with E-state index in [1.807, 2.05) is 29.2 Å². The van der Waals surface area contributed by atoms with Gasteiger partial charge in [0.2, 0.25) is 0 Å². The highest BCUT2D eigenvalue weighted by Crippen LogP contribution is 2.29. The van der Waals surface area contributed by atoms with Crippen molar-refractivity contribution in [2.24, 2.45) is 0 Å². The highest BCUT2D eigenvalue weighted by atomic mass is 35.5. The van der Waals surface area contributed by atoms with E-state index in [1.54, 1.807) is 35.6 Å². The summed E-state index contributed by atoms with van der Waals surface area (Å²) in [5.41, 5.74) is 1.61. The van der Waals surface area contributed by atoms with Crippen LogP contribution >= 0.6 is 22.9 Å². The Hall–Kier alpha value is -2.11. The highest BCUT2D eigenvalue weighted by Gasteiger charge is 2.25. The summed E-state index contributed by atoms with van der Waals surface area (Å²) in [7, 11) is 0. The first kappa shape index (κ1) is 16.4. The van der Waals surface area contributed by atoms with Gasteiger partial charge in [0, 0.05) is 36.5 Å². The molecule has 0 spiro atoms. The van der Waals surface area contributed by atoms with Crippen LogP contribution < -0.4 is 4.74 Å². The largest absolute Gasteiger partial charge is 0.467 e. The number of thiazole rings is 1. The summed E-state index contributed by atoms with van der Waals surface area (Å²) in [5.74, 6) is 0.0286. The Kier molecular flexibility index (Phi) is 4.59. The van der Waals surface area contributed by atoms with E-state index in [-0.39, 0.29) is 12.0 Å². The summed E-state index contributed by atoms with van der Waals surface area (Å²) < 4.78 is 7.17. The first-order chi connectivity index (χ1) is 12.2. The average Bonchev–Trinajstić information content (AvgIpc) is 3.04. The number of likely N-dealkylation sites (tertiary alicyclic amines) is 1. The predicted molar refractivity (Wildman–Crippen MR) is 101 cm³/mol. The molecule has 2 aromatic carbocycles. The van der Waals surface area contributed by atoms with E-state index in [0.717, 1.165) is 23.1 Å². The zero-order chi connectivity index (χ0) is 17.2. The number of para-hydroxylation sites is 1. The number of hydrogen-bond acceptors (Lipinski definition) is 4. The van der Waals surface area contributed by atoms with Gasteiger partial charge in [-0.2, -0.15) is 0 Å². The molecule has 0 bridgehead atoms. The smallest absolute Gasteiger partial charge is 0.274 e. The van der Waals surface area contributed by atoms with E-state index in [2.05, 4.69) is 4.98 Å². The Labute approximate surface area is 155 Å². The van der Waals surface area contributed by atoms with Crippen molar-refractivity contribution in [2.45, 2.75) is 18.9 Å². The average molecular weight is 373 g/mol. The lowest BCUT2D eigenvalue weighted by molar-refractivity contribution is 0.0595. The van der Waals surface area contributed by atoms with Gasteiger partial charge in [-0.25, -0.2) is 4.98 Å². The lowest BCUT2D eigenvalue weighted by Crippen LogP contribution is -2.41. The van der Waals surface area contributed by atoms with Crippen molar-refractivity contribution < 1.29 is 9.53 Å². The van der Waals surface area contributed by atoms with Gasteiger partial charge in [0.05, 0.1) is 10.2 Å². The fourth-order valence-corrected chi connectivity index (χ4v) is 4.10. The number of rotatable bonds is 3. The third kappa shape index (κ3) is 3.62. The number of hydrogen-bond donors (Lipinski definition) is 0. The maximum Gasteiger partial charge on any atom is 0.274 e. The topological polar surface area (TPSA) is 42.4 Å². The Morgan fingerprint density at radius 2 is 1.96 bits per heavy atom. The van der Waals surface area contributed by atoms with Crippen molar-refractivity contribution in [2.75, 3.05) is 13.1 Å². The molecule has 0 aliphatic carbocycles. The first-order valence-electron chi connectivity index (χ1n) is 8.26. The van der Waals surface area contributed by atoms with E-state index in [1.165, 1.54) is 0 Å². The fourth-order valence-electron chi connectivity index (χ4n) is 3.02. The van der Waals surface area contributed by atoms with E-state index >= 15 is 0 Å². The van der Waals surface area contributed by atoms with Crippen LogP contribution in [0, 0.1) is 0 Å². The molecule has 1 saturated heterocycles. The van der Waals surface area contributed by atoms with Crippen molar-refractivity contribution >= 4 is 39.1 Å². The van der Waals surface area contributed by atoms with Crippen LogP contribution in [-0.2, 0) is 0 Å². The van der Waals surface area contributed by atoms with Crippen LogP contribution in [0.2, 0.25) is 5.02 Å². The predicted octanol–water partition coefficient (Wildman–Crippen LogP) is 4.63. The zero-order valence-corrected chi connectivity index (χ0v) is 15.1. The van der Waals surface area contributed by atoms with E-state index in [9.17, 15) is 4.79 Å². The number of nitrogens with zero attached hydrogens (tertiary/aromatic N) is 2. The molecule has 0 N–H and O–H groups in total. The normalized spacial score (nSPS) is 15.5. The lowest BCUT2D eigenvalue weighted by atomic mass is 10.1. The number of amides is 1. The number of carbonyl (C=O) groups excluding carboxylic acids is 1. The van der Waals surface area contributed by atoms with E-state index in [4.69, 9.17) is 16.3 Å². The molecule has 1 aliphatic heterocycles. The SMILES string of the molecule is O=C(c1cccc(Cl)c1)N1CCC(Oc2nc3ccccc3s2)CC1. The molecule has 2 heterocycles. The standard InChI is InChI=1S/C19H17ClN2O2S/c20-14-5-3-4-13(12-14)18(23)22-10-8-15(9-11-22)24-19-21-16-6-1-2-7-17(16)25-19/h1-7,12,15H,8-11H2. The number of fused-ring (bicyclic) bond motifs is 1. The summed E-state index contributed by atoms with van der Waals surface area (Å²) in [4.78, 5) is 18.9. The van der Waals surface area contributed by atoms with Gasteiger partial charge in [0.25, 0.3) is 11.1 Å². The Balaban J connectivity index is 1.37. The van der Waals surface area contributed by atoms with Gasteiger partial charge in [0.15, 0.2) is 0 Å².